The van der Waals surface area contributed by atoms with Gasteiger partial charge in [0.2, 0.25) is 0 Å². The molecule has 128 valence electrons. The van der Waals surface area contributed by atoms with Crippen LogP contribution in [0.2, 0.25) is 0 Å². The zero-order valence-corrected chi connectivity index (χ0v) is 14.7. The Balaban J connectivity index is 1.64. The zero-order chi connectivity index (χ0) is 17.6. The van der Waals surface area contributed by atoms with Crippen LogP contribution in [0.1, 0.15) is 5.56 Å². The van der Waals surface area contributed by atoms with Crippen LogP contribution >= 0.6 is 12.2 Å². The SMILES string of the molecule is COc1cccc(C(N)=S)c1OCCOc1ccc2ccccc2c1. The third kappa shape index (κ3) is 4.00. The summed E-state index contributed by atoms with van der Waals surface area (Å²) in [4.78, 5) is 0.268. The molecule has 5 heteroatoms. The number of thiocarbonyl (C=S) groups is 1. The predicted octanol–water partition coefficient (Wildman–Crippen LogP) is 3.94. The average Bonchev–Trinajstić information content (AvgIpc) is 2.64. The van der Waals surface area contributed by atoms with Crippen LogP contribution in [-0.2, 0) is 0 Å². The second kappa shape index (κ2) is 7.85. The first kappa shape index (κ1) is 17.0. The summed E-state index contributed by atoms with van der Waals surface area (Å²) in [6.45, 7) is 0.746. The largest absolute Gasteiger partial charge is 0.493 e. The molecule has 0 bridgehead atoms. The van der Waals surface area contributed by atoms with Crippen LogP contribution in [-0.4, -0.2) is 25.3 Å². The topological polar surface area (TPSA) is 53.7 Å². The molecule has 0 atom stereocenters. The van der Waals surface area contributed by atoms with E-state index in [-0.39, 0.29) is 4.99 Å². The Hall–Kier alpha value is -2.79. The first-order valence-corrected chi connectivity index (χ1v) is 8.31. The monoisotopic (exact) mass is 353 g/mol. The number of ether oxygens (including phenoxy) is 3. The molecule has 0 aliphatic rings. The van der Waals surface area contributed by atoms with Gasteiger partial charge in [0.25, 0.3) is 0 Å². The number of hydrogen-bond donors (Lipinski definition) is 1. The lowest BCUT2D eigenvalue weighted by Gasteiger charge is -2.15. The minimum atomic E-state index is 0.268. The van der Waals surface area contributed by atoms with Crippen molar-refractivity contribution >= 4 is 28.0 Å². The molecule has 0 spiro atoms. The fourth-order valence-corrected chi connectivity index (χ4v) is 2.74. The van der Waals surface area contributed by atoms with Crippen molar-refractivity contribution < 1.29 is 14.2 Å². The van der Waals surface area contributed by atoms with Crippen molar-refractivity contribution in [3.8, 4) is 17.2 Å². The zero-order valence-electron chi connectivity index (χ0n) is 13.9. The van der Waals surface area contributed by atoms with Crippen LogP contribution in [0, 0.1) is 0 Å². The number of methoxy groups -OCH3 is 1. The Kier molecular flexibility index (Phi) is 5.36. The summed E-state index contributed by atoms with van der Waals surface area (Å²) in [5.41, 5.74) is 6.40. The maximum Gasteiger partial charge on any atom is 0.171 e. The third-order valence-corrected chi connectivity index (χ3v) is 4.00. The lowest BCUT2D eigenvalue weighted by atomic mass is 10.1. The number of fused-ring (bicyclic) bond motifs is 1. The quantitative estimate of drug-likeness (QED) is 0.515. The lowest BCUT2D eigenvalue weighted by molar-refractivity contribution is 0.211. The summed E-state index contributed by atoms with van der Waals surface area (Å²) in [6, 6.07) is 19.6. The van der Waals surface area contributed by atoms with Crippen molar-refractivity contribution in [1.29, 1.82) is 0 Å². The Bertz CT molecular complexity index is 895. The van der Waals surface area contributed by atoms with Crippen LogP contribution in [0.3, 0.4) is 0 Å². The average molecular weight is 353 g/mol. The molecule has 0 fully saturated rings. The lowest BCUT2D eigenvalue weighted by Crippen LogP contribution is -2.15. The molecule has 3 aromatic rings. The molecule has 0 aromatic heterocycles. The Labute approximate surface area is 152 Å². The Morgan fingerprint density at radius 2 is 1.68 bits per heavy atom. The summed E-state index contributed by atoms with van der Waals surface area (Å²) in [5.74, 6) is 1.94. The molecule has 0 heterocycles. The van der Waals surface area contributed by atoms with Crippen molar-refractivity contribution in [1.82, 2.24) is 0 Å². The second-order valence-electron chi connectivity index (χ2n) is 5.41. The summed E-state index contributed by atoms with van der Waals surface area (Å²) < 4.78 is 16.9. The maximum absolute atomic E-state index is 5.81. The van der Waals surface area contributed by atoms with Gasteiger partial charge in [-0.15, -0.1) is 0 Å². The Morgan fingerprint density at radius 1 is 0.920 bits per heavy atom. The molecule has 4 nitrogen and oxygen atoms in total. The number of nitrogens with two attached hydrogens (primary N) is 1. The highest BCUT2D eigenvalue weighted by atomic mass is 32.1. The van der Waals surface area contributed by atoms with Gasteiger partial charge in [-0.05, 0) is 35.0 Å². The summed E-state index contributed by atoms with van der Waals surface area (Å²) >= 11 is 5.07. The fourth-order valence-electron chi connectivity index (χ4n) is 2.58. The van der Waals surface area contributed by atoms with Gasteiger partial charge in [0.15, 0.2) is 11.5 Å². The van der Waals surface area contributed by atoms with E-state index >= 15 is 0 Å². The molecule has 25 heavy (non-hydrogen) atoms. The van der Waals surface area contributed by atoms with Crippen molar-refractivity contribution in [3.63, 3.8) is 0 Å². The van der Waals surface area contributed by atoms with Crippen LogP contribution in [0.25, 0.3) is 10.8 Å². The number of hydrogen-bond acceptors (Lipinski definition) is 4. The van der Waals surface area contributed by atoms with Gasteiger partial charge in [0, 0.05) is 0 Å². The maximum atomic E-state index is 5.81. The van der Waals surface area contributed by atoms with Gasteiger partial charge >= 0.3 is 0 Å². The van der Waals surface area contributed by atoms with Gasteiger partial charge in [-0.25, -0.2) is 0 Å². The summed E-state index contributed by atoms with van der Waals surface area (Å²) in [5, 5.41) is 2.32. The minimum absolute atomic E-state index is 0.268. The van der Waals surface area contributed by atoms with E-state index in [1.165, 1.54) is 5.39 Å². The summed E-state index contributed by atoms with van der Waals surface area (Å²) in [7, 11) is 1.58. The smallest absolute Gasteiger partial charge is 0.171 e. The van der Waals surface area contributed by atoms with Crippen LogP contribution in [0.5, 0.6) is 17.2 Å². The first-order chi connectivity index (χ1) is 12.2. The molecule has 3 aromatic carbocycles. The number of para-hydroxylation sites is 1. The Morgan fingerprint density at radius 3 is 2.44 bits per heavy atom. The van der Waals surface area contributed by atoms with E-state index < -0.39 is 0 Å². The van der Waals surface area contributed by atoms with Gasteiger partial charge < -0.3 is 19.9 Å². The fraction of sp³-hybridized carbons (Fsp3) is 0.150. The van der Waals surface area contributed by atoms with E-state index in [0.717, 1.165) is 11.1 Å². The second-order valence-corrected chi connectivity index (χ2v) is 5.85. The number of benzene rings is 3. The highest BCUT2D eigenvalue weighted by Crippen LogP contribution is 2.31. The van der Waals surface area contributed by atoms with Gasteiger partial charge in [0.1, 0.15) is 24.0 Å². The van der Waals surface area contributed by atoms with Gasteiger partial charge in [-0.2, -0.15) is 0 Å². The van der Waals surface area contributed by atoms with Crippen molar-refractivity contribution in [2.24, 2.45) is 5.73 Å². The van der Waals surface area contributed by atoms with Crippen LogP contribution in [0.15, 0.2) is 60.7 Å². The van der Waals surface area contributed by atoms with Gasteiger partial charge in [0.05, 0.1) is 12.7 Å². The molecule has 0 amide bonds. The van der Waals surface area contributed by atoms with Crippen LogP contribution < -0.4 is 19.9 Å². The summed E-state index contributed by atoms with van der Waals surface area (Å²) in [6.07, 6.45) is 0. The predicted molar refractivity (Wildman–Crippen MR) is 104 cm³/mol. The van der Waals surface area contributed by atoms with Crippen molar-refractivity contribution in [3.05, 3.63) is 66.2 Å². The van der Waals surface area contributed by atoms with E-state index in [4.69, 9.17) is 32.2 Å². The molecular formula is C20H19NO3S. The molecule has 0 saturated heterocycles. The van der Waals surface area contributed by atoms with Crippen molar-refractivity contribution in [2.45, 2.75) is 0 Å². The molecular weight excluding hydrogens is 334 g/mol. The van der Waals surface area contributed by atoms with E-state index in [2.05, 4.69) is 12.1 Å². The highest BCUT2D eigenvalue weighted by Gasteiger charge is 2.12. The molecule has 0 unspecified atom stereocenters. The van der Waals surface area contributed by atoms with E-state index in [0.29, 0.717) is 30.3 Å². The molecule has 0 aliphatic carbocycles. The highest BCUT2D eigenvalue weighted by molar-refractivity contribution is 7.80. The van der Waals surface area contributed by atoms with Crippen molar-refractivity contribution in [2.75, 3.05) is 20.3 Å². The minimum Gasteiger partial charge on any atom is -0.493 e. The molecule has 3 rings (SSSR count). The first-order valence-electron chi connectivity index (χ1n) is 7.90. The van der Waals surface area contributed by atoms with Gasteiger partial charge in [-0.3, -0.25) is 0 Å². The molecule has 0 radical (unpaired) electrons. The molecule has 0 saturated carbocycles. The van der Waals surface area contributed by atoms with Gasteiger partial charge in [-0.1, -0.05) is 48.6 Å². The van der Waals surface area contributed by atoms with Crippen LogP contribution in [0.4, 0.5) is 0 Å². The molecule has 2 N–H and O–H groups in total. The third-order valence-electron chi connectivity index (χ3n) is 3.78. The molecule has 0 aliphatic heterocycles. The standard InChI is InChI=1S/C20H19NO3S/c1-22-18-8-4-7-17(20(21)25)19(18)24-12-11-23-16-10-9-14-5-2-3-6-15(14)13-16/h2-10,13H,11-12H2,1H3,(H2,21,25). The van der Waals surface area contributed by atoms with E-state index in [1.807, 2.05) is 42.5 Å². The van der Waals surface area contributed by atoms with E-state index in [1.54, 1.807) is 13.2 Å². The number of rotatable bonds is 7. The normalized spacial score (nSPS) is 10.4. The van der Waals surface area contributed by atoms with E-state index in [9.17, 15) is 0 Å².